The standard InChI is InChI=1S/C15H18FN3O4S/c1-9-8-12(16)4-5-13(9)18-14(20)6-7-17-24(21,22)15-10(2)19-23-11(15)3/h4-5,8,17H,6-7H2,1-3H3,(H,18,20). The zero-order valence-corrected chi connectivity index (χ0v) is 14.3. The molecule has 9 heteroatoms. The summed E-state index contributed by atoms with van der Waals surface area (Å²) >= 11 is 0. The summed E-state index contributed by atoms with van der Waals surface area (Å²) in [7, 11) is -3.80. The topological polar surface area (TPSA) is 101 Å². The number of hydrogen-bond acceptors (Lipinski definition) is 5. The zero-order valence-electron chi connectivity index (χ0n) is 13.5. The van der Waals surface area contributed by atoms with E-state index in [4.69, 9.17) is 4.52 Å². The maximum Gasteiger partial charge on any atom is 0.245 e. The minimum atomic E-state index is -3.80. The van der Waals surface area contributed by atoms with Gasteiger partial charge in [-0.05, 0) is 44.5 Å². The molecule has 1 heterocycles. The van der Waals surface area contributed by atoms with Gasteiger partial charge in [0.2, 0.25) is 15.9 Å². The molecule has 0 bridgehead atoms. The van der Waals surface area contributed by atoms with Crippen LogP contribution in [-0.2, 0) is 14.8 Å². The quantitative estimate of drug-likeness (QED) is 0.826. The van der Waals surface area contributed by atoms with Gasteiger partial charge >= 0.3 is 0 Å². The van der Waals surface area contributed by atoms with Gasteiger partial charge < -0.3 is 9.84 Å². The Hall–Kier alpha value is -2.26. The first kappa shape index (κ1) is 18.1. The van der Waals surface area contributed by atoms with Crippen molar-refractivity contribution in [2.75, 3.05) is 11.9 Å². The van der Waals surface area contributed by atoms with Crippen LogP contribution in [0.3, 0.4) is 0 Å². The number of sulfonamides is 1. The Labute approximate surface area is 139 Å². The summed E-state index contributed by atoms with van der Waals surface area (Å²) in [5, 5.41) is 6.20. The summed E-state index contributed by atoms with van der Waals surface area (Å²) in [6.07, 6.45) is -0.0700. The molecule has 7 nitrogen and oxygen atoms in total. The molecule has 0 saturated heterocycles. The van der Waals surface area contributed by atoms with Gasteiger partial charge in [-0.15, -0.1) is 0 Å². The van der Waals surface area contributed by atoms with Crippen LogP contribution >= 0.6 is 0 Å². The molecule has 1 aromatic carbocycles. The van der Waals surface area contributed by atoms with Crippen LogP contribution in [0.2, 0.25) is 0 Å². The van der Waals surface area contributed by atoms with Crippen molar-refractivity contribution in [1.82, 2.24) is 9.88 Å². The Kier molecular flexibility index (Phi) is 5.35. The van der Waals surface area contributed by atoms with Gasteiger partial charge in [-0.2, -0.15) is 0 Å². The fourth-order valence-corrected chi connectivity index (χ4v) is 3.57. The van der Waals surface area contributed by atoms with Gasteiger partial charge in [-0.1, -0.05) is 5.16 Å². The molecule has 2 rings (SSSR count). The van der Waals surface area contributed by atoms with Crippen molar-refractivity contribution < 1.29 is 22.1 Å². The third-order valence-electron chi connectivity index (χ3n) is 3.34. The van der Waals surface area contributed by atoms with Crippen LogP contribution in [0.4, 0.5) is 10.1 Å². The van der Waals surface area contributed by atoms with Crippen LogP contribution < -0.4 is 10.0 Å². The molecular formula is C15H18FN3O4S. The number of hydrogen-bond donors (Lipinski definition) is 2. The highest BCUT2D eigenvalue weighted by atomic mass is 32.2. The fourth-order valence-electron chi connectivity index (χ4n) is 2.21. The van der Waals surface area contributed by atoms with E-state index < -0.39 is 15.8 Å². The van der Waals surface area contributed by atoms with Crippen molar-refractivity contribution in [3.63, 3.8) is 0 Å². The average Bonchev–Trinajstić information content (AvgIpc) is 2.81. The minimum absolute atomic E-state index is 0.0164. The molecule has 1 amide bonds. The molecule has 130 valence electrons. The van der Waals surface area contributed by atoms with Crippen molar-refractivity contribution in [3.05, 3.63) is 41.0 Å². The first-order valence-corrected chi connectivity index (χ1v) is 8.67. The summed E-state index contributed by atoms with van der Waals surface area (Å²) in [6.45, 7) is 4.60. The molecule has 0 fully saturated rings. The van der Waals surface area contributed by atoms with Gasteiger partial charge in [0.1, 0.15) is 16.4 Å². The van der Waals surface area contributed by atoms with E-state index >= 15 is 0 Å². The van der Waals surface area contributed by atoms with Crippen molar-refractivity contribution in [2.24, 2.45) is 0 Å². The number of halogens is 1. The predicted octanol–water partition coefficient (Wildman–Crippen LogP) is 2.05. The highest BCUT2D eigenvalue weighted by molar-refractivity contribution is 7.89. The van der Waals surface area contributed by atoms with E-state index in [0.717, 1.165) is 0 Å². The second-order valence-corrected chi connectivity index (χ2v) is 7.01. The summed E-state index contributed by atoms with van der Waals surface area (Å²) in [4.78, 5) is 11.9. The Morgan fingerprint density at radius 2 is 2.00 bits per heavy atom. The number of aryl methyl sites for hydroxylation is 3. The normalized spacial score (nSPS) is 11.5. The number of nitrogens with one attached hydrogen (secondary N) is 2. The molecule has 0 aliphatic rings. The van der Waals surface area contributed by atoms with Gasteiger partial charge in [0.05, 0.1) is 0 Å². The van der Waals surface area contributed by atoms with Crippen molar-refractivity contribution >= 4 is 21.6 Å². The molecule has 0 aliphatic heterocycles. The van der Waals surface area contributed by atoms with E-state index in [1.165, 1.54) is 32.0 Å². The molecule has 0 spiro atoms. The lowest BCUT2D eigenvalue weighted by atomic mass is 10.2. The van der Waals surface area contributed by atoms with E-state index in [2.05, 4.69) is 15.2 Å². The van der Waals surface area contributed by atoms with Crippen LogP contribution in [0.15, 0.2) is 27.6 Å². The summed E-state index contributed by atoms with van der Waals surface area (Å²) in [5.74, 6) is -0.588. The molecule has 0 aliphatic carbocycles. The molecule has 0 unspecified atom stereocenters. The third kappa shape index (κ3) is 4.18. The monoisotopic (exact) mass is 355 g/mol. The molecule has 2 aromatic rings. The SMILES string of the molecule is Cc1cc(F)ccc1NC(=O)CCNS(=O)(=O)c1c(C)noc1C. The number of benzene rings is 1. The maximum atomic E-state index is 13.0. The molecule has 24 heavy (non-hydrogen) atoms. The second kappa shape index (κ2) is 7.10. The van der Waals surface area contributed by atoms with E-state index in [1.54, 1.807) is 6.92 Å². The van der Waals surface area contributed by atoms with E-state index in [9.17, 15) is 17.6 Å². The maximum absolute atomic E-state index is 13.0. The number of rotatable bonds is 6. The molecule has 1 aromatic heterocycles. The number of carbonyl (C=O) groups is 1. The average molecular weight is 355 g/mol. The van der Waals surface area contributed by atoms with Gasteiger partial charge in [0.25, 0.3) is 0 Å². The molecular weight excluding hydrogens is 337 g/mol. The first-order valence-electron chi connectivity index (χ1n) is 7.19. The van der Waals surface area contributed by atoms with Gasteiger partial charge in [0.15, 0.2) is 5.76 Å². The van der Waals surface area contributed by atoms with Crippen LogP contribution in [0.1, 0.15) is 23.4 Å². The lowest BCUT2D eigenvalue weighted by Gasteiger charge is -2.09. The highest BCUT2D eigenvalue weighted by Gasteiger charge is 2.23. The van der Waals surface area contributed by atoms with Crippen LogP contribution in [0, 0.1) is 26.6 Å². The van der Waals surface area contributed by atoms with E-state index in [1.807, 2.05) is 0 Å². The predicted molar refractivity (Wildman–Crippen MR) is 85.5 cm³/mol. The van der Waals surface area contributed by atoms with Crippen molar-refractivity contribution in [2.45, 2.75) is 32.1 Å². The van der Waals surface area contributed by atoms with Crippen molar-refractivity contribution in [1.29, 1.82) is 0 Å². The number of carbonyl (C=O) groups excluding carboxylic acids is 1. The largest absolute Gasteiger partial charge is 0.360 e. The number of aromatic nitrogens is 1. The molecule has 2 N–H and O–H groups in total. The third-order valence-corrected chi connectivity index (χ3v) is 5.05. The summed E-state index contributed by atoms with van der Waals surface area (Å²) in [5.41, 5.74) is 1.32. The summed E-state index contributed by atoms with van der Waals surface area (Å²) < 4.78 is 44.5. The second-order valence-electron chi connectivity index (χ2n) is 5.31. The molecule has 0 saturated carbocycles. The Morgan fingerprint density at radius 3 is 2.58 bits per heavy atom. The highest BCUT2D eigenvalue weighted by Crippen LogP contribution is 2.18. The number of nitrogens with zero attached hydrogens (tertiary/aromatic N) is 1. The van der Waals surface area contributed by atoms with Crippen LogP contribution in [0.5, 0.6) is 0 Å². The van der Waals surface area contributed by atoms with Gasteiger partial charge in [-0.3, -0.25) is 4.79 Å². The lowest BCUT2D eigenvalue weighted by Crippen LogP contribution is -2.28. The zero-order chi connectivity index (χ0) is 17.9. The number of anilines is 1. The van der Waals surface area contributed by atoms with E-state index in [-0.39, 0.29) is 35.2 Å². The Bertz CT molecular complexity index is 842. The number of amides is 1. The van der Waals surface area contributed by atoms with Crippen molar-refractivity contribution in [3.8, 4) is 0 Å². The van der Waals surface area contributed by atoms with Crippen LogP contribution in [0.25, 0.3) is 0 Å². The van der Waals surface area contributed by atoms with Gasteiger partial charge in [0, 0.05) is 18.7 Å². The molecule has 0 radical (unpaired) electrons. The Balaban J connectivity index is 1.93. The fraction of sp³-hybridized carbons (Fsp3) is 0.333. The first-order chi connectivity index (χ1) is 11.2. The van der Waals surface area contributed by atoms with E-state index in [0.29, 0.717) is 11.3 Å². The summed E-state index contributed by atoms with van der Waals surface area (Å²) in [6, 6.07) is 4.00. The Morgan fingerprint density at radius 1 is 1.29 bits per heavy atom. The minimum Gasteiger partial charge on any atom is -0.360 e. The lowest BCUT2D eigenvalue weighted by molar-refractivity contribution is -0.116. The van der Waals surface area contributed by atoms with Gasteiger partial charge in [-0.25, -0.2) is 17.5 Å². The van der Waals surface area contributed by atoms with Crippen LogP contribution in [-0.4, -0.2) is 26.0 Å². The smallest absolute Gasteiger partial charge is 0.245 e. The molecule has 0 atom stereocenters.